The molecule has 6 heteroatoms. The van der Waals surface area contributed by atoms with E-state index < -0.39 is 23.2 Å². The normalized spacial score (nSPS) is 11.2. The molecule has 21 heavy (non-hydrogen) atoms. The van der Waals surface area contributed by atoms with E-state index in [1.54, 1.807) is 37.3 Å². The molecule has 4 N–H and O–H groups in total. The number of nitrogens with one attached hydrogen (secondary N) is 1. The predicted molar refractivity (Wildman–Crippen MR) is 77.6 cm³/mol. The summed E-state index contributed by atoms with van der Waals surface area (Å²) in [5, 5.41) is 32.3. The van der Waals surface area contributed by atoms with Gasteiger partial charge in [-0.15, -0.1) is 0 Å². The quantitative estimate of drug-likeness (QED) is 0.393. The number of carbonyl (C=O) groups is 1. The first-order valence-electron chi connectivity index (χ1n) is 6.14. The van der Waals surface area contributed by atoms with Crippen LogP contribution in [0.2, 0.25) is 0 Å². The van der Waals surface area contributed by atoms with Crippen molar-refractivity contribution in [1.82, 2.24) is 5.43 Å². The first kappa shape index (κ1) is 14.4. The first-order chi connectivity index (χ1) is 10.0. The Bertz CT molecular complexity index is 696. The molecule has 108 valence electrons. The van der Waals surface area contributed by atoms with Crippen molar-refractivity contribution in [2.75, 3.05) is 0 Å². The molecule has 2 aromatic carbocycles. The second-order valence-corrected chi connectivity index (χ2v) is 4.33. The third-order valence-corrected chi connectivity index (χ3v) is 2.88. The van der Waals surface area contributed by atoms with Crippen molar-refractivity contribution in [3.05, 3.63) is 53.6 Å². The predicted octanol–water partition coefficient (Wildman–Crippen LogP) is 1.96. The lowest BCUT2D eigenvalue weighted by atomic mass is 10.1. The zero-order chi connectivity index (χ0) is 15.4. The van der Waals surface area contributed by atoms with Crippen LogP contribution in [0.15, 0.2) is 47.6 Å². The fourth-order valence-corrected chi connectivity index (χ4v) is 1.71. The minimum atomic E-state index is -0.628. The Balaban J connectivity index is 2.19. The van der Waals surface area contributed by atoms with Gasteiger partial charge in [0.1, 0.15) is 0 Å². The van der Waals surface area contributed by atoms with Crippen LogP contribution in [-0.2, 0) is 0 Å². The van der Waals surface area contributed by atoms with Crippen molar-refractivity contribution in [2.45, 2.75) is 6.92 Å². The highest BCUT2D eigenvalue weighted by Crippen LogP contribution is 2.37. The third-order valence-electron chi connectivity index (χ3n) is 2.88. The van der Waals surface area contributed by atoms with Crippen molar-refractivity contribution >= 4 is 11.6 Å². The fourth-order valence-electron chi connectivity index (χ4n) is 1.71. The van der Waals surface area contributed by atoms with Gasteiger partial charge in [-0.1, -0.05) is 18.2 Å². The van der Waals surface area contributed by atoms with E-state index in [-0.39, 0.29) is 11.3 Å². The van der Waals surface area contributed by atoms with E-state index in [1.165, 1.54) is 12.1 Å². The van der Waals surface area contributed by atoms with Crippen LogP contribution in [0.25, 0.3) is 0 Å². The van der Waals surface area contributed by atoms with Crippen LogP contribution < -0.4 is 5.43 Å². The van der Waals surface area contributed by atoms with Crippen LogP contribution in [0.1, 0.15) is 22.8 Å². The van der Waals surface area contributed by atoms with Crippen LogP contribution in [0.5, 0.6) is 17.2 Å². The SMILES string of the molecule is C/C(=N\NC(=O)c1ccccc1)c1ccc(O)c(O)c1O. The highest BCUT2D eigenvalue weighted by atomic mass is 16.3. The van der Waals surface area contributed by atoms with Gasteiger partial charge in [0.15, 0.2) is 11.5 Å². The van der Waals surface area contributed by atoms with Crippen LogP contribution in [0, 0.1) is 0 Å². The highest BCUT2D eigenvalue weighted by Gasteiger charge is 2.13. The number of phenols is 3. The Morgan fingerprint density at radius 1 is 1.00 bits per heavy atom. The Hall–Kier alpha value is -3.02. The van der Waals surface area contributed by atoms with Gasteiger partial charge in [0.05, 0.1) is 5.71 Å². The number of nitrogens with zero attached hydrogens (tertiary/aromatic N) is 1. The lowest BCUT2D eigenvalue weighted by Crippen LogP contribution is -2.19. The molecule has 0 atom stereocenters. The van der Waals surface area contributed by atoms with Crippen LogP contribution in [-0.4, -0.2) is 26.9 Å². The molecular weight excluding hydrogens is 272 g/mol. The second-order valence-electron chi connectivity index (χ2n) is 4.33. The van der Waals surface area contributed by atoms with Crippen LogP contribution in [0.4, 0.5) is 0 Å². The molecule has 2 rings (SSSR count). The minimum absolute atomic E-state index is 0.207. The van der Waals surface area contributed by atoms with Crippen molar-refractivity contribution in [1.29, 1.82) is 0 Å². The molecule has 6 nitrogen and oxygen atoms in total. The molecular formula is C15H14N2O4. The van der Waals surface area contributed by atoms with E-state index in [2.05, 4.69) is 10.5 Å². The molecule has 1 amide bonds. The van der Waals surface area contributed by atoms with Crippen molar-refractivity contribution < 1.29 is 20.1 Å². The molecule has 0 bridgehead atoms. The number of phenolic OH excluding ortho intramolecular Hbond substituents is 3. The molecule has 0 radical (unpaired) electrons. The standard InChI is InChI=1S/C15H14N2O4/c1-9(11-7-8-12(18)14(20)13(11)19)16-17-15(21)10-5-3-2-4-6-10/h2-8,18-20H,1H3,(H,17,21)/b16-9+. The van der Waals surface area contributed by atoms with Gasteiger partial charge in [0.25, 0.3) is 5.91 Å². The summed E-state index contributed by atoms with van der Waals surface area (Å²) in [5.41, 5.74) is 3.29. The number of hydrazone groups is 1. The molecule has 0 heterocycles. The largest absolute Gasteiger partial charge is 0.504 e. The summed E-state index contributed by atoms with van der Waals surface area (Å²) in [5.74, 6) is -1.95. The molecule has 0 spiro atoms. The second kappa shape index (κ2) is 5.96. The van der Waals surface area contributed by atoms with E-state index in [0.717, 1.165) is 0 Å². The number of benzene rings is 2. The summed E-state index contributed by atoms with van der Waals surface area (Å²) in [4.78, 5) is 11.8. The van der Waals surface area contributed by atoms with E-state index in [4.69, 9.17) is 0 Å². The fraction of sp³-hybridized carbons (Fsp3) is 0.0667. The maximum Gasteiger partial charge on any atom is 0.271 e. The molecule has 0 fully saturated rings. The van der Waals surface area contributed by atoms with Crippen LogP contribution >= 0.6 is 0 Å². The number of carbonyl (C=O) groups excluding carboxylic acids is 1. The summed E-state index contributed by atoms with van der Waals surface area (Å²) < 4.78 is 0. The summed E-state index contributed by atoms with van der Waals surface area (Å²) in [6, 6.07) is 11.2. The lowest BCUT2D eigenvalue weighted by molar-refractivity contribution is 0.0955. The number of hydrogen-bond donors (Lipinski definition) is 4. The van der Waals surface area contributed by atoms with Crippen molar-refractivity contribution in [3.8, 4) is 17.2 Å². The van der Waals surface area contributed by atoms with Crippen LogP contribution in [0.3, 0.4) is 0 Å². The Morgan fingerprint density at radius 2 is 1.67 bits per heavy atom. The molecule has 0 aliphatic carbocycles. The average Bonchev–Trinajstić information content (AvgIpc) is 2.51. The lowest BCUT2D eigenvalue weighted by Gasteiger charge is -2.07. The molecule has 0 aromatic heterocycles. The van der Waals surface area contributed by atoms with Gasteiger partial charge < -0.3 is 15.3 Å². The summed E-state index contributed by atoms with van der Waals surface area (Å²) in [6.45, 7) is 1.55. The summed E-state index contributed by atoms with van der Waals surface area (Å²) in [7, 11) is 0. The minimum Gasteiger partial charge on any atom is -0.504 e. The van der Waals surface area contributed by atoms with Crippen molar-refractivity contribution in [2.24, 2.45) is 5.10 Å². The number of aromatic hydroxyl groups is 3. The first-order valence-corrected chi connectivity index (χ1v) is 6.14. The molecule has 0 aliphatic heterocycles. The Kier molecular flexibility index (Phi) is 4.08. The monoisotopic (exact) mass is 286 g/mol. The van der Waals surface area contributed by atoms with Gasteiger partial charge in [-0.05, 0) is 31.2 Å². The Labute approximate surface area is 121 Å². The van der Waals surface area contributed by atoms with Gasteiger partial charge in [0.2, 0.25) is 5.75 Å². The molecule has 0 aliphatic rings. The van der Waals surface area contributed by atoms with Gasteiger partial charge in [-0.25, -0.2) is 5.43 Å². The van der Waals surface area contributed by atoms with E-state index in [1.807, 2.05) is 0 Å². The van der Waals surface area contributed by atoms with E-state index in [0.29, 0.717) is 5.56 Å². The molecule has 2 aromatic rings. The van der Waals surface area contributed by atoms with Gasteiger partial charge >= 0.3 is 0 Å². The average molecular weight is 286 g/mol. The molecule has 0 unspecified atom stereocenters. The van der Waals surface area contributed by atoms with Crippen molar-refractivity contribution in [3.63, 3.8) is 0 Å². The van der Waals surface area contributed by atoms with Gasteiger partial charge in [0, 0.05) is 11.1 Å². The Morgan fingerprint density at radius 3 is 2.33 bits per heavy atom. The molecule has 0 saturated heterocycles. The maximum atomic E-state index is 11.8. The van der Waals surface area contributed by atoms with Gasteiger partial charge in [-0.2, -0.15) is 5.10 Å². The summed E-state index contributed by atoms with van der Waals surface area (Å²) >= 11 is 0. The number of rotatable bonds is 3. The summed E-state index contributed by atoms with van der Waals surface area (Å²) in [6.07, 6.45) is 0. The zero-order valence-electron chi connectivity index (χ0n) is 11.2. The maximum absolute atomic E-state index is 11.8. The molecule has 0 saturated carbocycles. The smallest absolute Gasteiger partial charge is 0.271 e. The van der Waals surface area contributed by atoms with E-state index >= 15 is 0 Å². The zero-order valence-corrected chi connectivity index (χ0v) is 11.2. The van der Waals surface area contributed by atoms with Gasteiger partial charge in [-0.3, -0.25) is 4.79 Å². The van der Waals surface area contributed by atoms with E-state index in [9.17, 15) is 20.1 Å². The topological polar surface area (TPSA) is 102 Å². The third kappa shape index (κ3) is 3.11. The number of hydrogen-bond acceptors (Lipinski definition) is 5. The highest BCUT2D eigenvalue weighted by molar-refractivity contribution is 6.03. The number of amides is 1.